The minimum Gasteiger partial charge on any atom is -0.493 e. The summed E-state index contributed by atoms with van der Waals surface area (Å²) in [5.74, 6) is 0.591. The Kier molecular flexibility index (Phi) is 9.50. The lowest BCUT2D eigenvalue weighted by molar-refractivity contribution is -0.131. The summed E-state index contributed by atoms with van der Waals surface area (Å²) < 4.78 is 12.1. The molecule has 0 heterocycles. The molecule has 0 bridgehead atoms. The van der Waals surface area contributed by atoms with E-state index >= 15 is 0 Å². The Morgan fingerprint density at radius 2 is 1.54 bits per heavy atom. The Bertz CT molecular complexity index is 1230. The van der Waals surface area contributed by atoms with Crippen molar-refractivity contribution in [3.05, 3.63) is 95.1 Å². The van der Waals surface area contributed by atoms with Crippen LogP contribution < -0.4 is 14.8 Å². The summed E-state index contributed by atoms with van der Waals surface area (Å²) in [7, 11) is 0. The van der Waals surface area contributed by atoms with Crippen LogP contribution in [0.4, 0.5) is 5.69 Å². The van der Waals surface area contributed by atoms with Crippen LogP contribution in [0.25, 0.3) is 6.08 Å². The first kappa shape index (κ1) is 27.5. The summed E-state index contributed by atoms with van der Waals surface area (Å²) in [6, 6.07) is 21.1. The van der Waals surface area contributed by atoms with E-state index in [9.17, 15) is 9.59 Å². The monoisotopic (exact) mass is 501 g/mol. The standard InChI is InChI=1S/C31H35NO5/c1-22-20-28(37-21-25-9-6-5-7-10-25)23(2)19-27(22)36-18-8-17-31(3,4)30(35)32-26-14-11-24(12-15-26)13-16-29(33)34/h5-7,9-16,19-20H,8,17-18,21H2,1-4H3,(H,32,35)(H,33,34). The summed E-state index contributed by atoms with van der Waals surface area (Å²) in [5.41, 5.74) is 3.98. The van der Waals surface area contributed by atoms with Gasteiger partial charge in [-0.2, -0.15) is 0 Å². The van der Waals surface area contributed by atoms with E-state index < -0.39 is 11.4 Å². The fourth-order valence-electron chi connectivity index (χ4n) is 3.76. The maximum atomic E-state index is 12.8. The highest BCUT2D eigenvalue weighted by Gasteiger charge is 2.27. The highest BCUT2D eigenvalue weighted by atomic mass is 16.5. The average molecular weight is 502 g/mol. The number of hydrogen-bond acceptors (Lipinski definition) is 4. The summed E-state index contributed by atoms with van der Waals surface area (Å²) in [6.45, 7) is 8.87. The average Bonchev–Trinajstić information content (AvgIpc) is 2.87. The lowest BCUT2D eigenvalue weighted by Crippen LogP contribution is -2.31. The highest BCUT2D eigenvalue weighted by Crippen LogP contribution is 2.30. The van der Waals surface area contributed by atoms with Crippen LogP contribution in [-0.2, 0) is 16.2 Å². The molecule has 0 aliphatic rings. The van der Waals surface area contributed by atoms with Gasteiger partial charge in [0.2, 0.25) is 5.91 Å². The van der Waals surface area contributed by atoms with E-state index in [0.717, 1.165) is 46.2 Å². The van der Waals surface area contributed by atoms with E-state index in [1.807, 2.05) is 70.2 Å². The number of benzene rings is 3. The molecule has 3 rings (SSSR count). The molecule has 1 amide bonds. The summed E-state index contributed by atoms with van der Waals surface area (Å²) in [6.07, 6.45) is 3.97. The third-order valence-corrected chi connectivity index (χ3v) is 6.11. The Morgan fingerprint density at radius 1 is 0.919 bits per heavy atom. The number of amides is 1. The number of carboxylic acids is 1. The molecule has 0 atom stereocenters. The molecule has 0 fully saturated rings. The molecule has 0 saturated heterocycles. The molecule has 2 N–H and O–H groups in total. The topological polar surface area (TPSA) is 84.9 Å². The molecule has 0 aromatic heterocycles. The van der Waals surface area contributed by atoms with Gasteiger partial charge in [-0.15, -0.1) is 0 Å². The number of carboxylic acid groups (broad SMARTS) is 1. The van der Waals surface area contributed by atoms with Crippen molar-refractivity contribution >= 4 is 23.6 Å². The van der Waals surface area contributed by atoms with E-state index in [4.69, 9.17) is 14.6 Å². The first-order valence-electron chi connectivity index (χ1n) is 12.4. The molecule has 0 aliphatic heterocycles. The van der Waals surface area contributed by atoms with E-state index in [1.54, 1.807) is 24.3 Å². The zero-order valence-electron chi connectivity index (χ0n) is 21.9. The number of hydrogen-bond donors (Lipinski definition) is 2. The second kappa shape index (κ2) is 12.8. The Labute approximate surface area is 218 Å². The van der Waals surface area contributed by atoms with Crippen LogP contribution in [-0.4, -0.2) is 23.6 Å². The van der Waals surface area contributed by atoms with E-state index in [1.165, 1.54) is 6.08 Å². The Hall–Kier alpha value is -4.06. The number of carbonyl (C=O) groups excluding carboxylic acids is 1. The molecule has 6 nitrogen and oxygen atoms in total. The third kappa shape index (κ3) is 8.53. The summed E-state index contributed by atoms with van der Waals surface area (Å²) in [5, 5.41) is 11.7. The Morgan fingerprint density at radius 3 is 2.16 bits per heavy atom. The van der Waals surface area contributed by atoms with Crippen LogP contribution in [0.1, 0.15) is 48.9 Å². The maximum Gasteiger partial charge on any atom is 0.328 e. The molecule has 0 spiro atoms. The van der Waals surface area contributed by atoms with Crippen molar-refractivity contribution in [1.29, 1.82) is 0 Å². The van der Waals surface area contributed by atoms with Crippen LogP contribution in [0.5, 0.6) is 11.5 Å². The first-order chi connectivity index (χ1) is 17.6. The van der Waals surface area contributed by atoms with Gasteiger partial charge in [0.15, 0.2) is 0 Å². The molecule has 3 aromatic carbocycles. The van der Waals surface area contributed by atoms with Gasteiger partial charge in [-0.05, 0) is 79.3 Å². The fraction of sp³-hybridized carbons (Fsp3) is 0.290. The highest BCUT2D eigenvalue weighted by molar-refractivity contribution is 5.95. The number of rotatable bonds is 12. The molecule has 0 radical (unpaired) electrons. The van der Waals surface area contributed by atoms with Gasteiger partial charge in [0.05, 0.1) is 6.61 Å². The van der Waals surface area contributed by atoms with Gasteiger partial charge in [0.25, 0.3) is 0 Å². The van der Waals surface area contributed by atoms with Gasteiger partial charge in [-0.25, -0.2) is 4.79 Å². The summed E-state index contributed by atoms with van der Waals surface area (Å²) >= 11 is 0. The third-order valence-electron chi connectivity index (χ3n) is 6.11. The number of carbonyl (C=O) groups is 2. The number of aryl methyl sites for hydroxylation is 2. The molecular weight excluding hydrogens is 466 g/mol. The van der Waals surface area contributed by atoms with E-state index in [-0.39, 0.29) is 5.91 Å². The molecule has 194 valence electrons. The van der Waals surface area contributed by atoms with Crippen molar-refractivity contribution in [1.82, 2.24) is 0 Å². The SMILES string of the molecule is Cc1cc(OCc2ccccc2)c(C)cc1OCCCC(C)(C)C(=O)Nc1ccc(C=CC(=O)O)cc1. The normalized spacial score (nSPS) is 11.4. The second-order valence-electron chi connectivity index (χ2n) is 9.74. The van der Waals surface area contributed by atoms with Crippen molar-refractivity contribution in [3.63, 3.8) is 0 Å². The van der Waals surface area contributed by atoms with Crippen LogP contribution in [0.15, 0.2) is 72.8 Å². The van der Waals surface area contributed by atoms with Gasteiger partial charge in [0, 0.05) is 17.2 Å². The smallest absolute Gasteiger partial charge is 0.328 e. The van der Waals surface area contributed by atoms with Crippen molar-refractivity contribution in [2.75, 3.05) is 11.9 Å². The molecule has 0 unspecified atom stereocenters. The minimum absolute atomic E-state index is 0.0757. The minimum atomic E-state index is -1.00. The van der Waals surface area contributed by atoms with Crippen molar-refractivity contribution < 1.29 is 24.2 Å². The van der Waals surface area contributed by atoms with Gasteiger partial charge >= 0.3 is 5.97 Å². The van der Waals surface area contributed by atoms with Gasteiger partial charge < -0.3 is 19.9 Å². The molecular formula is C31H35NO5. The lowest BCUT2D eigenvalue weighted by atomic mass is 9.87. The Balaban J connectivity index is 1.47. The lowest BCUT2D eigenvalue weighted by Gasteiger charge is -2.24. The molecule has 0 saturated carbocycles. The predicted molar refractivity (Wildman–Crippen MR) is 147 cm³/mol. The molecule has 0 aliphatic carbocycles. The number of nitrogens with one attached hydrogen (secondary N) is 1. The van der Waals surface area contributed by atoms with Gasteiger partial charge in [-0.3, -0.25) is 4.79 Å². The fourth-order valence-corrected chi connectivity index (χ4v) is 3.76. The van der Waals surface area contributed by atoms with Crippen LogP contribution in [0, 0.1) is 19.3 Å². The van der Waals surface area contributed by atoms with Crippen LogP contribution >= 0.6 is 0 Å². The maximum absolute atomic E-state index is 12.8. The summed E-state index contributed by atoms with van der Waals surface area (Å²) in [4.78, 5) is 23.5. The van der Waals surface area contributed by atoms with Crippen molar-refractivity contribution in [3.8, 4) is 11.5 Å². The zero-order valence-corrected chi connectivity index (χ0v) is 21.9. The number of aliphatic carboxylic acids is 1. The van der Waals surface area contributed by atoms with Gasteiger partial charge in [-0.1, -0.05) is 56.3 Å². The van der Waals surface area contributed by atoms with Gasteiger partial charge in [0.1, 0.15) is 18.1 Å². The zero-order chi connectivity index (χ0) is 26.8. The molecule has 6 heteroatoms. The quantitative estimate of drug-likeness (QED) is 0.210. The second-order valence-corrected chi connectivity index (χ2v) is 9.74. The molecule has 3 aromatic rings. The first-order valence-corrected chi connectivity index (χ1v) is 12.4. The molecule has 37 heavy (non-hydrogen) atoms. The largest absolute Gasteiger partial charge is 0.493 e. The van der Waals surface area contributed by atoms with E-state index in [0.29, 0.717) is 25.3 Å². The number of ether oxygens (including phenoxy) is 2. The van der Waals surface area contributed by atoms with Crippen molar-refractivity contribution in [2.45, 2.75) is 47.1 Å². The number of anilines is 1. The van der Waals surface area contributed by atoms with Crippen LogP contribution in [0.2, 0.25) is 0 Å². The van der Waals surface area contributed by atoms with E-state index in [2.05, 4.69) is 5.32 Å². The van der Waals surface area contributed by atoms with Crippen molar-refractivity contribution in [2.24, 2.45) is 5.41 Å². The van der Waals surface area contributed by atoms with Crippen LogP contribution in [0.3, 0.4) is 0 Å². The predicted octanol–water partition coefficient (Wildman–Crippen LogP) is 6.80.